The molecule has 1 amide bonds. The monoisotopic (exact) mass is 290 g/mol. The zero-order chi connectivity index (χ0) is 14.5. The number of hydrogen-bond acceptors (Lipinski definition) is 4. The van der Waals surface area contributed by atoms with Gasteiger partial charge in [0.1, 0.15) is 0 Å². The summed E-state index contributed by atoms with van der Waals surface area (Å²) in [5, 5.41) is 2.46. The molecule has 0 aliphatic rings. The normalized spacial score (nSPS) is 11.1. The Hall–Kier alpha value is -1.67. The molecule has 0 aromatic heterocycles. The number of amides is 1. The van der Waals surface area contributed by atoms with Crippen molar-refractivity contribution in [1.82, 2.24) is 10.0 Å². The highest BCUT2D eigenvalue weighted by Crippen LogP contribution is 2.17. The van der Waals surface area contributed by atoms with E-state index in [1.165, 1.54) is 19.2 Å². The van der Waals surface area contributed by atoms with Crippen LogP contribution in [0.3, 0.4) is 0 Å². The summed E-state index contributed by atoms with van der Waals surface area (Å²) in [6, 6.07) is 3.82. The first kappa shape index (κ1) is 15.4. The number of halogens is 1. The molecule has 19 heavy (non-hydrogen) atoms. The van der Waals surface area contributed by atoms with Gasteiger partial charge in [-0.25, -0.2) is 17.5 Å². The molecule has 0 aliphatic carbocycles. The highest BCUT2D eigenvalue weighted by atomic mass is 32.2. The Morgan fingerprint density at radius 1 is 1.37 bits per heavy atom. The minimum absolute atomic E-state index is 0.0512. The van der Waals surface area contributed by atoms with Crippen molar-refractivity contribution in [1.29, 1.82) is 0 Å². The fourth-order valence-electron chi connectivity index (χ4n) is 1.32. The number of ether oxygens (including phenoxy) is 1. The van der Waals surface area contributed by atoms with E-state index in [1.54, 1.807) is 0 Å². The largest absolute Gasteiger partial charge is 0.494 e. The van der Waals surface area contributed by atoms with E-state index in [-0.39, 0.29) is 24.4 Å². The zero-order valence-corrected chi connectivity index (χ0v) is 11.4. The predicted octanol–water partition coefficient (Wildman–Crippen LogP) is 0.113. The van der Waals surface area contributed by atoms with Crippen LogP contribution in [0.2, 0.25) is 0 Å². The summed E-state index contributed by atoms with van der Waals surface area (Å²) < 4.78 is 41.9. The van der Waals surface area contributed by atoms with Gasteiger partial charge in [0.25, 0.3) is 5.91 Å². The van der Waals surface area contributed by atoms with E-state index in [0.717, 1.165) is 12.3 Å². The van der Waals surface area contributed by atoms with Gasteiger partial charge < -0.3 is 10.1 Å². The van der Waals surface area contributed by atoms with Gasteiger partial charge in [0.05, 0.1) is 13.4 Å². The molecule has 0 bridgehead atoms. The fraction of sp³-hybridized carbons (Fsp3) is 0.364. The van der Waals surface area contributed by atoms with Crippen molar-refractivity contribution in [3.05, 3.63) is 29.6 Å². The van der Waals surface area contributed by atoms with Crippen LogP contribution in [0, 0.1) is 5.82 Å². The number of methoxy groups -OCH3 is 1. The van der Waals surface area contributed by atoms with Crippen LogP contribution >= 0.6 is 0 Å². The molecule has 0 heterocycles. The molecule has 6 nitrogen and oxygen atoms in total. The van der Waals surface area contributed by atoms with Crippen molar-refractivity contribution in [2.45, 2.75) is 0 Å². The van der Waals surface area contributed by atoms with Crippen LogP contribution < -0.4 is 14.8 Å². The van der Waals surface area contributed by atoms with Gasteiger partial charge in [-0.3, -0.25) is 4.79 Å². The first-order valence-electron chi connectivity index (χ1n) is 5.40. The molecule has 0 aliphatic heterocycles. The summed E-state index contributed by atoms with van der Waals surface area (Å²) in [5.74, 6) is -1.07. The molecule has 0 fully saturated rings. The number of benzene rings is 1. The summed E-state index contributed by atoms with van der Waals surface area (Å²) in [5.41, 5.74) is 0.137. The second-order valence-corrected chi connectivity index (χ2v) is 5.60. The Morgan fingerprint density at radius 3 is 2.58 bits per heavy atom. The summed E-state index contributed by atoms with van der Waals surface area (Å²) in [6.45, 7) is 0.183. The highest BCUT2D eigenvalue weighted by molar-refractivity contribution is 7.88. The average molecular weight is 290 g/mol. The van der Waals surface area contributed by atoms with Gasteiger partial charge in [0.2, 0.25) is 10.0 Å². The molecule has 1 rings (SSSR count). The minimum atomic E-state index is -3.28. The van der Waals surface area contributed by atoms with Gasteiger partial charge in [-0.05, 0) is 18.2 Å². The Labute approximate surface area is 111 Å². The van der Waals surface area contributed by atoms with Gasteiger partial charge >= 0.3 is 0 Å². The first-order chi connectivity index (χ1) is 8.83. The van der Waals surface area contributed by atoms with E-state index in [4.69, 9.17) is 4.74 Å². The van der Waals surface area contributed by atoms with E-state index in [9.17, 15) is 17.6 Å². The Kier molecular flexibility index (Phi) is 5.25. The molecule has 0 unspecified atom stereocenters. The van der Waals surface area contributed by atoms with Crippen molar-refractivity contribution < 1.29 is 22.3 Å². The third-order valence-electron chi connectivity index (χ3n) is 2.19. The topological polar surface area (TPSA) is 84.5 Å². The molecule has 0 atom stereocenters. The third kappa shape index (κ3) is 5.23. The van der Waals surface area contributed by atoms with Gasteiger partial charge in [0, 0.05) is 18.7 Å². The van der Waals surface area contributed by atoms with Crippen LogP contribution in [0.4, 0.5) is 4.39 Å². The van der Waals surface area contributed by atoms with Gasteiger partial charge in [-0.15, -0.1) is 0 Å². The zero-order valence-electron chi connectivity index (χ0n) is 10.6. The third-order valence-corrected chi connectivity index (χ3v) is 2.92. The number of rotatable bonds is 6. The highest BCUT2D eigenvalue weighted by Gasteiger charge is 2.09. The van der Waals surface area contributed by atoms with Crippen LogP contribution in [0.1, 0.15) is 10.4 Å². The number of sulfonamides is 1. The van der Waals surface area contributed by atoms with Crippen LogP contribution in [0.15, 0.2) is 18.2 Å². The Balaban J connectivity index is 2.52. The van der Waals surface area contributed by atoms with E-state index < -0.39 is 21.7 Å². The van der Waals surface area contributed by atoms with Gasteiger partial charge in [0.15, 0.2) is 11.6 Å². The second-order valence-electron chi connectivity index (χ2n) is 3.77. The first-order valence-corrected chi connectivity index (χ1v) is 7.29. The van der Waals surface area contributed by atoms with E-state index >= 15 is 0 Å². The van der Waals surface area contributed by atoms with Crippen molar-refractivity contribution in [3.8, 4) is 5.75 Å². The molecule has 2 N–H and O–H groups in total. The van der Waals surface area contributed by atoms with Gasteiger partial charge in [-0.1, -0.05) is 0 Å². The Bertz CT molecular complexity index is 560. The van der Waals surface area contributed by atoms with E-state index in [2.05, 4.69) is 10.0 Å². The lowest BCUT2D eigenvalue weighted by Crippen LogP contribution is -2.34. The molecule has 0 saturated heterocycles. The lowest BCUT2D eigenvalue weighted by molar-refractivity contribution is 0.0954. The molecular weight excluding hydrogens is 275 g/mol. The molecule has 8 heteroatoms. The van der Waals surface area contributed by atoms with Crippen molar-refractivity contribution >= 4 is 15.9 Å². The van der Waals surface area contributed by atoms with Crippen molar-refractivity contribution in [3.63, 3.8) is 0 Å². The quantitative estimate of drug-likeness (QED) is 0.729. The van der Waals surface area contributed by atoms with Gasteiger partial charge in [-0.2, -0.15) is 0 Å². The maximum absolute atomic E-state index is 13.4. The van der Waals surface area contributed by atoms with Crippen molar-refractivity contribution in [2.75, 3.05) is 26.5 Å². The fourth-order valence-corrected chi connectivity index (χ4v) is 1.79. The number of hydrogen-bond donors (Lipinski definition) is 2. The van der Waals surface area contributed by atoms with Crippen LogP contribution in [0.5, 0.6) is 5.75 Å². The smallest absolute Gasteiger partial charge is 0.251 e. The Morgan fingerprint density at radius 2 is 2.05 bits per heavy atom. The average Bonchev–Trinajstić information content (AvgIpc) is 2.33. The SMILES string of the molecule is COc1ccc(C(=O)NCCNS(C)(=O)=O)cc1F. The summed E-state index contributed by atoms with van der Waals surface area (Å²) in [6.07, 6.45) is 1.02. The number of carbonyl (C=O) groups excluding carboxylic acids is 1. The lowest BCUT2D eigenvalue weighted by Gasteiger charge is -2.07. The molecule has 1 aromatic rings. The lowest BCUT2D eigenvalue weighted by atomic mass is 10.2. The number of nitrogens with one attached hydrogen (secondary N) is 2. The van der Waals surface area contributed by atoms with Crippen LogP contribution in [-0.2, 0) is 10.0 Å². The molecule has 0 spiro atoms. The molecule has 1 aromatic carbocycles. The second kappa shape index (κ2) is 6.48. The molecular formula is C11H15FN2O4S. The standard InChI is InChI=1S/C11H15FN2O4S/c1-18-10-4-3-8(7-9(10)12)11(15)13-5-6-14-19(2,16)17/h3-4,7,14H,5-6H2,1-2H3,(H,13,15). The van der Waals surface area contributed by atoms with Crippen LogP contribution in [0.25, 0.3) is 0 Å². The number of carbonyl (C=O) groups is 1. The minimum Gasteiger partial charge on any atom is -0.494 e. The molecule has 0 radical (unpaired) electrons. The van der Waals surface area contributed by atoms with E-state index in [1.807, 2.05) is 0 Å². The summed E-state index contributed by atoms with van der Waals surface area (Å²) >= 11 is 0. The maximum atomic E-state index is 13.4. The predicted molar refractivity (Wildman–Crippen MR) is 68.1 cm³/mol. The summed E-state index contributed by atoms with van der Waals surface area (Å²) in [7, 11) is -1.95. The maximum Gasteiger partial charge on any atom is 0.251 e. The van der Waals surface area contributed by atoms with Crippen molar-refractivity contribution in [2.24, 2.45) is 0 Å². The van der Waals surface area contributed by atoms with E-state index in [0.29, 0.717) is 0 Å². The summed E-state index contributed by atoms with van der Waals surface area (Å²) in [4.78, 5) is 11.6. The molecule has 106 valence electrons. The molecule has 0 saturated carbocycles. The van der Waals surface area contributed by atoms with Crippen LogP contribution in [-0.4, -0.2) is 40.8 Å².